The summed E-state index contributed by atoms with van der Waals surface area (Å²) in [4.78, 5) is 6.82. The molecule has 1 fully saturated rings. The van der Waals surface area contributed by atoms with Gasteiger partial charge < -0.3 is 19.8 Å². The molecule has 0 saturated carbocycles. The third-order valence-corrected chi connectivity index (χ3v) is 4.23. The first-order valence-electron chi connectivity index (χ1n) is 8.49. The van der Waals surface area contributed by atoms with E-state index in [0.29, 0.717) is 12.0 Å². The zero-order valence-corrected chi connectivity index (χ0v) is 17.3. The van der Waals surface area contributed by atoms with Crippen LogP contribution >= 0.6 is 24.0 Å². The summed E-state index contributed by atoms with van der Waals surface area (Å²) in [6.07, 6.45) is 2.56. The van der Waals surface area contributed by atoms with Crippen molar-refractivity contribution in [2.45, 2.75) is 26.3 Å². The zero-order valence-electron chi connectivity index (χ0n) is 15.0. The van der Waals surface area contributed by atoms with E-state index in [1.54, 1.807) is 13.3 Å². The van der Waals surface area contributed by atoms with Gasteiger partial charge in [0.1, 0.15) is 5.76 Å². The second-order valence-electron chi connectivity index (χ2n) is 6.17. The summed E-state index contributed by atoms with van der Waals surface area (Å²) in [5.41, 5.74) is 0. The molecular weight excluding hydrogens is 419 g/mol. The van der Waals surface area contributed by atoms with Crippen LogP contribution in [0.1, 0.15) is 19.6 Å². The number of rotatable bonds is 7. The Labute approximate surface area is 162 Å². The van der Waals surface area contributed by atoms with Gasteiger partial charge >= 0.3 is 0 Å². The topological polar surface area (TPSA) is 62.0 Å². The van der Waals surface area contributed by atoms with Crippen molar-refractivity contribution >= 4 is 29.9 Å². The monoisotopic (exact) mass is 450 g/mol. The number of furan rings is 1. The molecule has 1 aliphatic rings. The lowest BCUT2D eigenvalue weighted by Crippen LogP contribution is -2.52. The fourth-order valence-electron chi connectivity index (χ4n) is 2.88. The van der Waals surface area contributed by atoms with Crippen LogP contribution in [0.15, 0.2) is 27.8 Å². The third kappa shape index (κ3) is 6.98. The molecule has 2 rings (SSSR count). The Balaban J connectivity index is 0.00000288. The highest BCUT2D eigenvalue weighted by Crippen LogP contribution is 2.12. The highest BCUT2D eigenvalue weighted by atomic mass is 127. The summed E-state index contributed by atoms with van der Waals surface area (Å²) < 4.78 is 10.8. The van der Waals surface area contributed by atoms with Crippen molar-refractivity contribution in [3.63, 3.8) is 0 Å². The highest BCUT2D eigenvalue weighted by Gasteiger charge is 2.23. The van der Waals surface area contributed by atoms with E-state index in [-0.39, 0.29) is 24.0 Å². The van der Waals surface area contributed by atoms with E-state index < -0.39 is 0 Å². The predicted octanol–water partition coefficient (Wildman–Crippen LogP) is 1.96. The van der Waals surface area contributed by atoms with Gasteiger partial charge in [-0.3, -0.25) is 9.89 Å². The van der Waals surface area contributed by atoms with Crippen LogP contribution in [0, 0.1) is 5.92 Å². The van der Waals surface area contributed by atoms with Crippen molar-refractivity contribution in [3.05, 3.63) is 24.2 Å². The average molecular weight is 450 g/mol. The maximum atomic E-state index is 5.46. The number of nitrogens with one attached hydrogen (secondary N) is 2. The van der Waals surface area contributed by atoms with Crippen LogP contribution in [0.3, 0.4) is 0 Å². The fourth-order valence-corrected chi connectivity index (χ4v) is 2.88. The molecule has 6 nitrogen and oxygen atoms in total. The number of nitrogens with zero attached hydrogens (tertiary/aromatic N) is 2. The van der Waals surface area contributed by atoms with Crippen molar-refractivity contribution in [3.8, 4) is 0 Å². The lowest BCUT2D eigenvalue weighted by Gasteiger charge is -2.37. The fraction of sp³-hybridized carbons (Fsp3) is 0.706. The van der Waals surface area contributed by atoms with Gasteiger partial charge in [-0.2, -0.15) is 0 Å². The summed E-state index contributed by atoms with van der Waals surface area (Å²) >= 11 is 0. The van der Waals surface area contributed by atoms with E-state index >= 15 is 0 Å². The van der Waals surface area contributed by atoms with Crippen LogP contribution in [0.5, 0.6) is 0 Å². The maximum absolute atomic E-state index is 5.46. The second kappa shape index (κ2) is 11.7. The molecule has 1 aliphatic heterocycles. The van der Waals surface area contributed by atoms with Crippen LogP contribution in [0.4, 0.5) is 0 Å². The summed E-state index contributed by atoms with van der Waals surface area (Å²) in [7, 11) is 1.81. The molecule has 0 amide bonds. The van der Waals surface area contributed by atoms with Gasteiger partial charge in [-0.05, 0) is 18.1 Å². The molecule has 0 spiro atoms. The Morgan fingerprint density at radius 3 is 2.62 bits per heavy atom. The van der Waals surface area contributed by atoms with Crippen LogP contribution < -0.4 is 10.6 Å². The Bertz CT molecular complexity index is 459. The molecule has 0 radical (unpaired) electrons. The highest BCUT2D eigenvalue weighted by molar-refractivity contribution is 14.0. The van der Waals surface area contributed by atoms with Gasteiger partial charge in [-0.25, -0.2) is 0 Å². The van der Waals surface area contributed by atoms with E-state index in [1.807, 2.05) is 12.1 Å². The van der Waals surface area contributed by atoms with Crippen LogP contribution in [-0.2, 0) is 11.2 Å². The molecule has 0 aromatic carbocycles. The Morgan fingerprint density at radius 1 is 1.29 bits per heavy atom. The zero-order chi connectivity index (χ0) is 16.5. The molecule has 0 bridgehead atoms. The molecule has 1 atom stereocenters. The number of guanidine groups is 1. The second-order valence-corrected chi connectivity index (χ2v) is 6.17. The van der Waals surface area contributed by atoms with E-state index in [9.17, 15) is 0 Å². The summed E-state index contributed by atoms with van der Waals surface area (Å²) in [5.74, 6) is 2.42. The lowest BCUT2D eigenvalue weighted by molar-refractivity contribution is 0.00752. The van der Waals surface area contributed by atoms with Gasteiger partial charge in [-0.1, -0.05) is 13.8 Å². The largest absolute Gasteiger partial charge is 0.469 e. The Morgan fingerprint density at radius 2 is 2.04 bits per heavy atom. The Kier molecular flexibility index (Phi) is 10.4. The molecule has 2 heterocycles. The minimum absolute atomic E-state index is 0. The van der Waals surface area contributed by atoms with Gasteiger partial charge in [0.05, 0.1) is 19.5 Å². The number of hydrogen-bond donors (Lipinski definition) is 2. The van der Waals surface area contributed by atoms with E-state index in [4.69, 9.17) is 9.15 Å². The summed E-state index contributed by atoms with van der Waals surface area (Å²) in [6, 6.07) is 4.39. The van der Waals surface area contributed by atoms with Crippen LogP contribution in [-0.4, -0.2) is 63.3 Å². The van der Waals surface area contributed by atoms with E-state index in [1.165, 1.54) is 0 Å². The molecule has 1 aromatic rings. The first kappa shape index (κ1) is 21.2. The third-order valence-electron chi connectivity index (χ3n) is 4.23. The quantitative estimate of drug-likeness (QED) is 0.378. The molecule has 2 N–H and O–H groups in total. The van der Waals surface area contributed by atoms with Gasteiger partial charge in [0.25, 0.3) is 0 Å². The van der Waals surface area contributed by atoms with Gasteiger partial charge in [0, 0.05) is 45.7 Å². The van der Waals surface area contributed by atoms with Crippen molar-refractivity contribution in [2.24, 2.45) is 10.9 Å². The smallest absolute Gasteiger partial charge is 0.191 e. The first-order chi connectivity index (χ1) is 11.2. The van der Waals surface area contributed by atoms with Gasteiger partial charge in [0.15, 0.2) is 5.96 Å². The first-order valence-corrected chi connectivity index (χ1v) is 8.49. The molecule has 7 heteroatoms. The summed E-state index contributed by atoms with van der Waals surface area (Å²) in [6.45, 7) is 9.92. The van der Waals surface area contributed by atoms with Crippen LogP contribution in [0.25, 0.3) is 0 Å². The van der Waals surface area contributed by atoms with Crippen molar-refractivity contribution in [1.82, 2.24) is 15.5 Å². The van der Waals surface area contributed by atoms with E-state index in [0.717, 1.165) is 57.5 Å². The van der Waals surface area contributed by atoms with Crippen LogP contribution in [0.2, 0.25) is 0 Å². The lowest BCUT2D eigenvalue weighted by atomic mass is 10.0. The van der Waals surface area contributed by atoms with Crippen molar-refractivity contribution < 1.29 is 9.15 Å². The normalized spacial score (nSPS) is 17.4. The Hall–Kier alpha value is -0.800. The number of aliphatic imine (C=N–C) groups is 1. The van der Waals surface area contributed by atoms with E-state index in [2.05, 4.69) is 34.4 Å². The summed E-state index contributed by atoms with van der Waals surface area (Å²) in [5, 5.41) is 6.79. The molecule has 0 aliphatic carbocycles. The standard InChI is InChI=1S/C17H30N4O2.HI/c1-14(2)16(21-8-11-22-12-9-21)13-20-17(18-3)19-7-6-15-5-4-10-23-15;/h4-5,10,14,16H,6-9,11-13H2,1-3H3,(H2,18,19,20);1H. The minimum Gasteiger partial charge on any atom is -0.469 e. The number of morpholine rings is 1. The minimum atomic E-state index is 0. The van der Waals surface area contributed by atoms with Crippen molar-refractivity contribution in [2.75, 3.05) is 46.4 Å². The molecule has 1 aromatic heterocycles. The molecular formula is C17H31IN4O2. The average Bonchev–Trinajstić information content (AvgIpc) is 3.07. The number of ether oxygens (including phenoxy) is 1. The van der Waals surface area contributed by atoms with Gasteiger partial charge in [0.2, 0.25) is 0 Å². The molecule has 1 unspecified atom stereocenters. The maximum Gasteiger partial charge on any atom is 0.191 e. The predicted molar refractivity (Wildman–Crippen MR) is 108 cm³/mol. The SMILES string of the molecule is CN=C(NCCc1ccco1)NCC(C(C)C)N1CCOCC1.I. The number of halogens is 1. The molecule has 1 saturated heterocycles. The van der Waals surface area contributed by atoms with Gasteiger partial charge in [-0.15, -0.1) is 24.0 Å². The number of hydrogen-bond acceptors (Lipinski definition) is 4. The molecule has 24 heavy (non-hydrogen) atoms. The van der Waals surface area contributed by atoms with Crippen molar-refractivity contribution in [1.29, 1.82) is 0 Å². The molecule has 138 valence electrons.